The van der Waals surface area contributed by atoms with Gasteiger partial charge in [0.15, 0.2) is 6.23 Å². The van der Waals surface area contributed by atoms with Crippen LogP contribution < -0.4 is 11.2 Å². The Hall–Kier alpha value is -1.95. The Morgan fingerprint density at radius 2 is 2.26 bits per heavy atom. The molecule has 8 nitrogen and oxygen atoms in total. The Morgan fingerprint density at radius 3 is 2.79 bits per heavy atom. The van der Waals surface area contributed by atoms with Crippen LogP contribution in [0.3, 0.4) is 0 Å². The maximum Gasteiger partial charge on any atom is 0.330 e. The van der Waals surface area contributed by atoms with Crippen molar-refractivity contribution in [1.29, 1.82) is 5.26 Å². The van der Waals surface area contributed by atoms with Crippen LogP contribution >= 0.6 is 0 Å². The molecular weight excluding hydrogens is 254 g/mol. The lowest BCUT2D eigenvalue weighted by molar-refractivity contribution is -0.0534. The number of aryl methyl sites for hydroxylation is 1. The minimum atomic E-state index is -1.26. The van der Waals surface area contributed by atoms with Crippen molar-refractivity contribution < 1.29 is 14.9 Å². The summed E-state index contributed by atoms with van der Waals surface area (Å²) >= 11 is 0. The van der Waals surface area contributed by atoms with Crippen LogP contribution in [0.15, 0.2) is 15.8 Å². The molecule has 1 saturated heterocycles. The van der Waals surface area contributed by atoms with Crippen molar-refractivity contribution in [3.63, 3.8) is 0 Å². The first-order chi connectivity index (χ1) is 8.99. The number of aromatic nitrogens is 2. The van der Waals surface area contributed by atoms with Crippen LogP contribution in [0.2, 0.25) is 0 Å². The summed E-state index contributed by atoms with van der Waals surface area (Å²) in [4.78, 5) is 25.0. The molecule has 0 aromatic carbocycles. The molecule has 0 spiro atoms. The van der Waals surface area contributed by atoms with E-state index in [1.54, 1.807) is 0 Å². The van der Waals surface area contributed by atoms with Crippen molar-refractivity contribution in [2.24, 2.45) is 5.92 Å². The fourth-order valence-electron chi connectivity index (χ4n) is 2.06. The van der Waals surface area contributed by atoms with Crippen molar-refractivity contribution in [2.75, 3.05) is 6.61 Å². The van der Waals surface area contributed by atoms with Gasteiger partial charge in [-0.05, 0) is 6.92 Å². The highest BCUT2D eigenvalue weighted by Gasteiger charge is 2.45. The van der Waals surface area contributed by atoms with Crippen molar-refractivity contribution >= 4 is 0 Å². The first kappa shape index (κ1) is 13.5. The Kier molecular flexibility index (Phi) is 3.53. The van der Waals surface area contributed by atoms with Gasteiger partial charge >= 0.3 is 5.69 Å². The first-order valence-electron chi connectivity index (χ1n) is 5.65. The number of aromatic amines is 1. The Balaban J connectivity index is 2.44. The van der Waals surface area contributed by atoms with Crippen LogP contribution in [0.1, 0.15) is 11.8 Å². The molecule has 1 aliphatic rings. The van der Waals surface area contributed by atoms with Gasteiger partial charge in [-0.2, -0.15) is 5.26 Å². The molecule has 2 rings (SSSR count). The van der Waals surface area contributed by atoms with Crippen LogP contribution in [0, 0.1) is 24.2 Å². The molecular formula is C11H13N3O5. The molecule has 19 heavy (non-hydrogen) atoms. The van der Waals surface area contributed by atoms with E-state index in [2.05, 4.69) is 4.98 Å². The molecule has 102 valence electrons. The number of aliphatic hydroxyl groups is 2. The summed E-state index contributed by atoms with van der Waals surface area (Å²) in [5, 5.41) is 28.0. The van der Waals surface area contributed by atoms with Crippen molar-refractivity contribution in [3.8, 4) is 6.07 Å². The summed E-state index contributed by atoms with van der Waals surface area (Å²) in [6.45, 7) is 1.06. The largest absolute Gasteiger partial charge is 0.394 e. The summed E-state index contributed by atoms with van der Waals surface area (Å²) in [5.41, 5.74) is -0.990. The van der Waals surface area contributed by atoms with Crippen molar-refractivity contribution in [2.45, 2.75) is 25.4 Å². The quantitative estimate of drug-likeness (QED) is 0.582. The van der Waals surface area contributed by atoms with E-state index in [1.807, 2.05) is 6.07 Å². The maximum absolute atomic E-state index is 11.7. The number of hydrogen-bond acceptors (Lipinski definition) is 6. The Bertz CT molecular complexity index is 628. The zero-order chi connectivity index (χ0) is 14.2. The average molecular weight is 267 g/mol. The number of nitrogens with one attached hydrogen (secondary N) is 1. The van der Waals surface area contributed by atoms with E-state index in [9.17, 15) is 14.7 Å². The summed E-state index contributed by atoms with van der Waals surface area (Å²) in [5.74, 6) is -0.936. The predicted octanol–water partition coefficient (Wildman–Crippen LogP) is -1.76. The molecule has 1 fully saturated rings. The third-order valence-corrected chi connectivity index (χ3v) is 3.12. The summed E-state index contributed by atoms with van der Waals surface area (Å²) in [6.07, 6.45) is -1.98. The Labute approximate surface area is 107 Å². The standard InChI is InChI=1S/C11H13N3O5/c1-5-3-14(11(18)13-9(5)17)10-8(16)6(2-12)7(4-15)19-10/h3,6-8,10,15-16H,4H2,1H3,(H,13,17,18)/t6-,7-,8-,10-/m0/s1. The number of aliphatic hydroxyl groups excluding tert-OH is 2. The Morgan fingerprint density at radius 1 is 1.58 bits per heavy atom. The topological polar surface area (TPSA) is 128 Å². The van der Waals surface area contributed by atoms with Gasteiger partial charge in [0.2, 0.25) is 0 Å². The monoisotopic (exact) mass is 267 g/mol. The lowest BCUT2D eigenvalue weighted by Crippen LogP contribution is -2.37. The lowest BCUT2D eigenvalue weighted by Gasteiger charge is -2.17. The van der Waals surface area contributed by atoms with Gasteiger partial charge in [0, 0.05) is 11.8 Å². The lowest BCUT2D eigenvalue weighted by atomic mass is 10.0. The number of nitriles is 1. The average Bonchev–Trinajstić information content (AvgIpc) is 2.70. The molecule has 1 aromatic heterocycles. The molecule has 2 heterocycles. The van der Waals surface area contributed by atoms with E-state index in [1.165, 1.54) is 13.1 Å². The van der Waals surface area contributed by atoms with Crippen LogP contribution in [-0.4, -0.2) is 38.6 Å². The molecule has 0 unspecified atom stereocenters. The van der Waals surface area contributed by atoms with Crippen LogP contribution in [0.5, 0.6) is 0 Å². The highest BCUT2D eigenvalue weighted by Crippen LogP contribution is 2.32. The van der Waals surface area contributed by atoms with Crippen molar-refractivity contribution in [3.05, 3.63) is 32.6 Å². The van der Waals surface area contributed by atoms with E-state index in [-0.39, 0.29) is 5.56 Å². The smallest absolute Gasteiger partial charge is 0.330 e. The normalized spacial score (nSPS) is 30.2. The molecule has 0 bridgehead atoms. The van der Waals surface area contributed by atoms with Gasteiger partial charge < -0.3 is 14.9 Å². The van der Waals surface area contributed by atoms with E-state index < -0.39 is 42.2 Å². The zero-order valence-corrected chi connectivity index (χ0v) is 10.1. The molecule has 0 radical (unpaired) electrons. The van der Waals surface area contributed by atoms with E-state index in [4.69, 9.17) is 15.1 Å². The van der Waals surface area contributed by atoms with E-state index in [0.717, 1.165) is 4.57 Å². The third-order valence-electron chi connectivity index (χ3n) is 3.12. The number of nitrogens with zero attached hydrogens (tertiary/aromatic N) is 2. The van der Waals surface area contributed by atoms with Crippen molar-refractivity contribution in [1.82, 2.24) is 9.55 Å². The molecule has 0 amide bonds. The van der Waals surface area contributed by atoms with Gasteiger partial charge in [-0.1, -0.05) is 0 Å². The van der Waals surface area contributed by atoms with Gasteiger partial charge in [0.05, 0.1) is 12.7 Å². The fraction of sp³-hybridized carbons (Fsp3) is 0.545. The van der Waals surface area contributed by atoms with Crippen LogP contribution in [0.25, 0.3) is 0 Å². The van der Waals surface area contributed by atoms with Crippen LogP contribution in [-0.2, 0) is 4.74 Å². The van der Waals surface area contributed by atoms with Gasteiger partial charge in [-0.25, -0.2) is 4.79 Å². The van der Waals surface area contributed by atoms with Gasteiger partial charge in [-0.15, -0.1) is 0 Å². The minimum absolute atomic E-state index is 0.274. The number of rotatable bonds is 2. The number of H-pyrrole nitrogens is 1. The van der Waals surface area contributed by atoms with Gasteiger partial charge in [0.1, 0.15) is 18.1 Å². The fourth-order valence-corrected chi connectivity index (χ4v) is 2.06. The molecule has 0 saturated carbocycles. The van der Waals surface area contributed by atoms with Gasteiger partial charge in [-0.3, -0.25) is 14.3 Å². The summed E-state index contributed by atoms with van der Waals surface area (Å²) in [6, 6.07) is 1.84. The third kappa shape index (κ3) is 2.19. The predicted molar refractivity (Wildman–Crippen MR) is 62.2 cm³/mol. The summed E-state index contributed by atoms with van der Waals surface area (Å²) < 4.78 is 6.32. The molecule has 1 aliphatic heterocycles. The second-order valence-corrected chi connectivity index (χ2v) is 4.37. The van der Waals surface area contributed by atoms with Crippen LogP contribution in [0.4, 0.5) is 0 Å². The second-order valence-electron chi connectivity index (χ2n) is 4.37. The van der Waals surface area contributed by atoms with E-state index >= 15 is 0 Å². The highest BCUT2D eigenvalue weighted by molar-refractivity contribution is 5.05. The molecule has 8 heteroatoms. The molecule has 0 aliphatic carbocycles. The zero-order valence-electron chi connectivity index (χ0n) is 10.1. The van der Waals surface area contributed by atoms with Gasteiger partial charge in [0.25, 0.3) is 5.56 Å². The first-order valence-corrected chi connectivity index (χ1v) is 5.65. The SMILES string of the molecule is Cc1cn([C@H]2O[C@@H](CO)[C@H](C#N)[C@@H]2O)c(=O)[nH]c1=O. The maximum atomic E-state index is 11.7. The molecule has 3 N–H and O–H groups in total. The number of hydrogen-bond donors (Lipinski definition) is 3. The highest BCUT2D eigenvalue weighted by atomic mass is 16.5. The summed E-state index contributed by atoms with van der Waals surface area (Å²) in [7, 11) is 0. The second kappa shape index (κ2) is 4.97. The molecule has 4 atom stereocenters. The van der Waals surface area contributed by atoms with E-state index in [0.29, 0.717) is 0 Å². The number of ether oxygens (including phenoxy) is 1. The molecule has 1 aromatic rings. The minimum Gasteiger partial charge on any atom is -0.394 e.